The second-order valence-corrected chi connectivity index (χ2v) is 5.13. The summed E-state index contributed by atoms with van der Waals surface area (Å²) in [5.74, 6) is 0.155. The van der Waals surface area contributed by atoms with Gasteiger partial charge in [-0.25, -0.2) is 0 Å². The molecule has 0 aromatic heterocycles. The molecule has 1 nitrogen and oxygen atoms in total. The van der Waals surface area contributed by atoms with Crippen LogP contribution in [0.5, 0.6) is 0 Å². The molecule has 0 spiro atoms. The van der Waals surface area contributed by atoms with Gasteiger partial charge in [0.05, 0.1) is 0 Å². The SMILES string of the molecule is CCPc1c(C)cc(C(C)=O)cc1C. The molecule has 0 bridgehead atoms. The lowest BCUT2D eigenvalue weighted by Crippen LogP contribution is -2.08. The van der Waals surface area contributed by atoms with Crippen LogP contribution in [-0.2, 0) is 0 Å². The van der Waals surface area contributed by atoms with Gasteiger partial charge in [-0.1, -0.05) is 15.5 Å². The van der Waals surface area contributed by atoms with Crippen molar-refractivity contribution in [2.45, 2.75) is 27.7 Å². The van der Waals surface area contributed by atoms with Crippen molar-refractivity contribution in [3.63, 3.8) is 0 Å². The first kappa shape index (κ1) is 11.4. The van der Waals surface area contributed by atoms with Crippen molar-refractivity contribution in [3.8, 4) is 0 Å². The Labute approximate surface area is 87.7 Å². The highest BCUT2D eigenvalue weighted by Crippen LogP contribution is 2.18. The number of aryl methyl sites for hydroxylation is 2. The van der Waals surface area contributed by atoms with E-state index in [1.165, 1.54) is 22.6 Å². The van der Waals surface area contributed by atoms with Crippen LogP contribution in [-0.4, -0.2) is 11.9 Å². The topological polar surface area (TPSA) is 17.1 Å². The van der Waals surface area contributed by atoms with Crippen LogP contribution in [0.3, 0.4) is 0 Å². The van der Waals surface area contributed by atoms with Gasteiger partial charge in [0.25, 0.3) is 0 Å². The molecule has 1 aromatic carbocycles. The van der Waals surface area contributed by atoms with E-state index in [1.807, 2.05) is 12.1 Å². The zero-order chi connectivity index (χ0) is 10.7. The van der Waals surface area contributed by atoms with Gasteiger partial charge in [0.15, 0.2) is 5.78 Å². The Hall–Kier alpha value is -0.680. The smallest absolute Gasteiger partial charge is 0.159 e. The standard InChI is InChI=1S/C12H17OP/c1-5-14-12-8(2)6-11(10(4)13)7-9(12)3/h6-7,14H,5H2,1-4H3. The van der Waals surface area contributed by atoms with E-state index in [-0.39, 0.29) is 5.78 Å². The second kappa shape index (κ2) is 4.70. The Balaban J connectivity index is 3.18. The molecule has 0 N–H and O–H groups in total. The summed E-state index contributed by atoms with van der Waals surface area (Å²) in [4.78, 5) is 11.2. The molecule has 0 radical (unpaired) electrons. The largest absolute Gasteiger partial charge is 0.295 e. The predicted octanol–water partition coefficient (Wildman–Crippen LogP) is 2.83. The van der Waals surface area contributed by atoms with Crippen LogP contribution in [0.25, 0.3) is 0 Å². The Morgan fingerprint density at radius 1 is 1.29 bits per heavy atom. The summed E-state index contributed by atoms with van der Waals surface area (Å²) in [5.41, 5.74) is 3.36. The zero-order valence-electron chi connectivity index (χ0n) is 9.27. The van der Waals surface area contributed by atoms with Crippen LogP contribution < -0.4 is 5.30 Å². The molecule has 1 unspecified atom stereocenters. The number of hydrogen-bond acceptors (Lipinski definition) is 1. The molecular weight excluding hydrogens is 191 g/mol. The molecule has 0 saturated carbocycles. The van der Waals surface area contributed by atoms with Crippen LogP contribution in [0, 0.1) is 13.8 Å². The van der Waals surface area contributed by atoms with Crippen molar-refractivity contribution in [3.05, 3.63) is 28.8 Å². The molecule has 0 heterocycles. The van der Waals surface area contributed by atoms with Crippen LogP contribution in [0.15, 0.2) is 12.1 Å². The molecule has 1 aromatic rings. The molecule has 2 heteroatoms. The average Bonchev–Trinajstić information content (AvgIpc) is 2.10. The minimum absolute atomic E-state index is 0.155. The molecule has 14 heavy (non-hydrogen) atoms. The molecule has 1 rings (SSSR count). The summed E-state index contributed by atoms with van der Waals surface area (Å²) in [6, 6.07) is 4.01. The van der Waals surface area contributed by atoms with Gasteiger partial charge < -0.3 is 0 Å². The quantitative estimate of drug-likeness (QED) is 0.551. The van der Waals surface area contributed by atoms with Crippen molar-refractivity contribution < 1.29 is 4.79 Å². The lowest BCUT2D eigenvalue weighted by Gasteiger charge is -2.10. The minimum atomic E-state index is 0.155. The average molecular weight is 208 g/mol. The first-order chi connectivity index (χ1) is 6.56. The number of Topliss-reactive ketones (excluding diaryl/α,β-unsaturated/α-hetero) is 1. The molecule has 0 aliphatic carbocycles. The summed E-state index contributed by atoms with van der Waals surface area (Å²) in [6.45, 7) is 8.00. The van der Waals surface area contributed by atoms with Crippen LogP contribution in [0.1, 0.15) is 35.3 Å². The number of carbonyl (C=O) groups is 1. The van der Waals surface area contributed by atoms with E-state index < -0.39 is 0 Å². The normalized spacial score (nSPS) is 11.1. The number of benzene rings is 1. The van der Waals surface area contributed by atoms with Gasteiger partial charge in [-0.3, -0.25) is 4.79 Å². The van der Waals surface area contributed by atoms with Gasteiger partial charge in [0.2, 0.25) is 0 Å². The number of carbonyl (C=O) groups excluding carboxylic acids is 1. The second-order valence-electron chi connectivity index (χ2n) is 3.57. The molecule has 1 atom stereocenters. The van der Waals surface area contributed by atoms with Gasteiger partial charge in [-0.15, -0.1) is 0 Å². The first-order valence-electron chi connectivity index (χ1n) is 4.92. The summed E-state index contributed by atoms with van der Waals surface area (Å²) in [7, 11) is 0.863. The fraction of sp³-hybridized carbons (Fsp3) is 0.417. The third-order valence-corrected chi connectivity index (χ3v) is 3.79. The summed E-state index contributed by atoms with van der Waals surface area (Å²) < 4.78 is 0. The number of hydrogen-bond donors (Lipinski definition) is 0. The molecule has 0 fully saturated rings. The Kier molecular flexibility index (Phi) is 3.83. The zero-order valence-corrected chi connectivity index (χ0v) is 10.3. The third kappa shape index (κ3) is 2.42. The fourth-order valence-corrected chi connectivity index (χ4v) is 2.68. The first-order valence-corrected chi connectivity index (χ1v) is 6.13. The molecule has 76 valence electrons. The lowest BCUT2D eigenvalue weighted by molar-refractivity contribution is 0.101. The Bertz CT molecular complexity index is 332. The van der Waals surface area contributed by atoms with E-state index >= 15 is 0 Å². The molecule has 0 saturated heterocycles. The van der Waals surface area contributed by atoms with Gasteiger partial charge in [-0.05, 0) is 55.5 Å². The molecular formula is C12H17OP. The van der Waals surface area contributed by atoms with E-state index in [0.29, 0.717) is 0 Å². The number of rotatable bonds is 3. The van der Waals surface area contributed by atoms with E-state index in [9.17, 15) is 4.79 Å². The van der Waals surface area contributed by atoms with Crippen molar-refractivity contribution in [2.24, 2.45) is 0 Å². The highest BCUT2D eigenvalue weighted by Gasteiger charge is 2.06. The van der Waals surface area contributed by atoms with Crippen molar-refractivity contribution >= 4 is 19.7 Å². The van der Waals surface area contributed by atoms with Crippen molar-refractivity contribution in [1.29, 1.82) is 0 Å². The highest BCUT2D eigenvalue weighted by atomic mass is 31.1. The van der Waals surface area contributed by atoms with Gasteiger partial charge in [0, 0.05) is 5.56 Å². The molecule has 0 amide bonds. The maximum absolute atomic E-state index is 11.2. The lowest BCUT2D eigenvalue weighted by atomic mass is 10.0. The maximum Gasteiger partial charge on any atom is 0.159 e. The van der Waals surface area contributed by atoms with E-state index in [0.717, 1.165) is 14.1 Å². The van der Waals surface area contributed by atoms with E-state index in [2.05, 4.69) is 20.8 Å². The summed E-state index contributed by atoms with van der Waals surface area (Å²) in [6.07, 6.45) is 1.18. The Morgan fingerprint density at radius 3 is 2.14 bits per heavy atom. The van der Waals surface area contributed by atoms with Crippen LogP contribution in [0.2, 0.25) is 0 Å². The molecule has 0 aliphatic heterocycles. The van der Waals surface area contributed by atoms with Gasteiger partial charge in [-0.2, -0.15) is 0 Å². The van der Waals surface area contributed by atoms with Gasteiger partial charge in [0.1, 0.15) is 0 Å². The summed E-state index contributed by atoms with van der Waals surface area (Å²) >= 11 is 0. The summed E-state index contributed by atoms with van der Waals surface area (Å²) in [5, 5.41) is 1.43. The Morgan fingerprint density at radius 2 is 1.79 bits per heavy atom. The van der Waals surface area contributed by atoms with Crippen molar-refractivity contribution in [1.82, 2.24) is 0 Å². The predicted molar refractivity (Wildman–Crippen MR) is 64.4 cm³/mol. The fourth-order valence-electron chi connectivity index (χ4n) is 1.62. The van der Waals surface area contributed by atoms with Gasteiger partial charge >= 0.3 is 0 Å². The van der Waals surface area contributed by atoms with E-state index in [4.69, 9.17) is 0 Å². The highest BCUT2D eigenvalue weighted by molar-refractivity contribution is 7.47. The van der Waals surface area contributed by atoms with Crippen LogP contribution >= 0.6 is 8.58 Å². The third-order valence-electron chi connectivity index (χ3n) is 2.29. The van der Waals surface area contributed by atoms with Crippen LogP contribution in [0.4, 0.5) is 0 Å². The minimum Gasteiger partial charge on any atom is -0.295 e. The maximum atomic E-state index is 11.2. The van der Waals surface area contributed by atoms with E-state index in [1.54, 1.807) is 6.92 Å². The number of ketones is 1. The van der Waals surface area contributed by atoms with Crippen molar-refractivity contribution in [2.75, 3.05) is 6.16 Å². The monoisotopic (exact) mass is 208 g/mol. The molecule has 0 aliphatic rings.